The van der Waals surface area contributed by atoms with E-state index < -0.39 is 0 Å². The lowest BCUT2D eigenvalue weighted by Gasteiger charge is -2.14. The lowest BCUT2D eigenvalue weighted by Crippen LogP contribution is -2.28. The largest absolute Gasteiger partial charge is 0.349 e. The molecule has 3 aromatic rings. The van der Waals surface area contributed by atoms with E-state index in [1.807, 2.05) is 79.3 Å². The molecule has 0 aliphatic heterocycles. The highest BCUT2D eigenvalue weighted by atomic mass is 35.5. The second kappa shape index (κ2) is 7.20. The van der Waals surface area contributed by atoms with E-state index in [4.69, 9.17) is 11.6 Å². The zero-order valence-corrected chi connectivity index (χ0v) is 16.1. The summed E-state index contributed by atoms with van der Waals surface area (Å²) < 4.78 is 1.90. The summed E-state index contributed by atoms with van der Waals surface area (Å²) in [6, 6.07) is 17.7. The number of carbonyl (C=O) groups is 1. The third kappa shape index (κ3) is 3.50. The first-order valence-electron chi connectivity index (χ1n) is 9.21. The van der Waals surface area contributed by atoms with E-state index in [-0.39, 0.29) is 23.8 Å². The number of halogens is 1. The van der Waals surface area contributed by atoms with Crippen LogP contribution in [0.4, 0.5) is 0 Å². The molecule has 4 nitrogen and oxygen atoms in total. The van der Waals surface area contributed by atoms with Crippen LogP contribution < -0.4 is 5.32 Å². The van der Waals surface area contributed by atoms with Crippen LogP contribution in [-0.4, -0.2) is 15.7 Å². The van der Waals surface area contributed by atoms with Crippen molar-refractivity contribution in [2.45, 2.75) is 32.2 Å². The van der Waals surface area contributed by atoms with Crippen molar-refractivity contribution in [2.24, 2.45) is 5.92 Å². The van der Waals surface area contributed by atoms with Crippen molar-refractivity contribution >= 4 is 17.5 Å². The molecule has 1 heterocycles. The summed E-state index contributed by atoms with van der Waals surface area (Å²) in [5.74, 6) is 0.301. The Morgan fingerprint density at radius 1 is 1.19 bits per heavy atom. The molecule has 4 rings (SSSR count). The zero-order valence-electron chi connectivity index (χ0n) is 15.4. The molecule has 5 heteroatoms. The predicted molar refractivity (Wildman–Crippen MR) is 107 cm³/mol. The van der Waals surface area contributed by atoms with Crippen molar-refractivity contribution in [1.29, 1.82) is 0 Å². The number of carbonyl (C=O) groups excluding carboxylic acids is 1. The summed E-state index contributed by atoms with van der Waals surface area (Å²) >= 11 is 6.27. The van der Waals surface area contributed by atoms with Crippen LogP contribution in [0.3, 0.4) is 0 Å². The van der Waals surface area contributed by atoms with E-state index in [2.05, 4.69) is 10.4 Å². The van der Waals surface area contributed by atoms with Gasteiger partial charge in [0.15, 0.2) is 0 Å². The van der Waals surface area contributed by atoms with Crippen molar-refractivity contribution in [3.63, 3.8) is 0 Å². The molecule has 0 bridgehead atoms. The Morgan fingerprint density at radius 2 is 1.89 bits per heavy atom. The number of amides is 1. The van der Waals surface area contributed by atoms with E-state index in [1.165, 1.54) is 0 Å². The van der Waals surface area contributed by atoms with E-state index in [0.29, 0.717) is 0 Å². The molecule has 1 aromatic heterocycles. The molecule has 0 saturated heterocycles. The molecule has 2 aromatic carbocycles. The van der Waals surface area contributed by atoms with E-state index >= 15 is 0 Å². The minimum absolute atomic E-state index is 0.00294. The number of hydrogen-bond acceptors (Lipinski definition) is 2. The fourth-order valence-electron chi connectivity index (χ4n) is 3.68. The van der Waals surface area contributed by atoms with E-state index in [0.717, 1.165) is 34.0 Å². The maximum atomic E-state index is 12.7. The average molecular weight is 380 g/mol. The molecule has 1 N–H and O–H groups in total. The van der Waals surface area contributed by atoms with Crippen LogP contribution in [0.2, 0.25) is 5.02 Å². The number of rotatable bonds is 5. The highest BCUT2D eigenvalue weighted by Gasteiger charge is 2.45. The normalized spacial score (nSPS) is 19.5. The molecule has 1 amide bonds. The number of nitrogens with one attached hydrogen (secondary N) is 1. The third-order valence-corrected chi connectivity index (χ3v) is 5.65. The maximum Gasteiger partial charge on any atom is 0.224 e. The minimum atomic E-state index is -0.0949. The summed E-state index contributed by atoms with van der Waals surface area (Å²) in [6.45, 7) is 4.03. The molecule has 1 fully saturated rings. The van der Waals surface area contributed by atoms with Gasteiger partial charge in [0, 0.05) is 22.2 Å². The molecule has 0 spiro atoms. The van der Waals surface area contributed by atoms with Crippen molar-refractivity contribution < 1.29 is 4.79 Å². The van der Waals surface area contributed by atoms with Crippen molar-refractivity contribution in [3.05, 3.63) is 82.6 Å². The number of nitrogens with zero attached hydrogens (tertiary/aromatic N) is 2. The second-order valence-corrected chi connectivity index (χ2v) is 7.54. The molecule has 1 saturated carbocycles. The van der Waals surface area contributed by atoms with Gasteiger partial charge in [-0.05, 0) is 49.9 Å². The number of benzene rings is 2. The van der Waals surface area contributed by atoms with Gasteiger partial charge in [-0.3, -0.25) is 4.79 Å². The second-order valence-electron chi connectivity index (χ2n) is 7.13. The molecule has 138 valence electrons. The van der Waals surface area contributed by atoms with Crippen LogP contribution in [0.15, 0.2) is 60.8 Å². The van der Waals surface area contributed by atoms with Gasteiger partial charge in [-0.15, -0.1) is 0 Å². The number of hydrogen-bond donors (Lipinski definition) is 1. The van der Waals surface area contributed by atoms with E-state index in [9.17, 15) is 4.79 Å². The Balaban J connectivity index is 1.44. The average Bonchev–Trinajstić information content (AvgIpc) is 3.38. The zero-order chi connectivity index (χ0) is 19.0. The summed E-state index contributed by atoms with van der Waals surface area (Å²) in [6.07, 6.45) is 2.69. The molecule has 3 unspecified atom stereocenters. The van der Waals surface area contributed by atoms with Crippen LogP contribution >= 0.6 is 11.6 Å². The van der Waals surface area contributed by atoms with Crippen molar-refractivity contribution in [3.8, 4) is 5.69 Å². The van der Waals surface area contributed by atoms with Crippen molar-refractivity contribution in [2.75, 3.05) is 0 Å². The van der Waals surface area contributed by atoms with Gasteiger partial charge in [0.2, 0.25) is 5.91 Å². The van der Waals surface area contributed by atoms with Crippen LogP contribution in [0.1, 0.15) is 42.1 Å². The first kappa shape index (κ1) is 17.8. The molecule has 1 aliphatic carbocycles. The number of aromatic nitrogens is 2. The summed E-state index contributed by atoms with van der Waals surface area (Å²) in [5, 5.41) is 8.39. The molecule has 3 atom stereocenters. The van der Waals surface area contributed by atoms with Gasteiger partial charge in [-0.25, -0.2) is 4.68 Å². The predicted octanol–water partition coefficient (Wildman–Crippen LogP) is 4.82. The monoisotopic (exact) mass is 379 g/mol. The summed E-state index contributed by atoms with van der Waals surface area (Å²) in [4.78, 5) is 12.7. The van der Waals surface area contributed by atoms with Crippen LogP contribution in [0, 0.1) is 12.8 Å². The molecule has 0 radical (unpaired) electrons. The molecular weight excluding hydrogens is 358 g/mol. The lowest BCUT2D eigenvalue weighted by molar-refractivity contribution is -0.123. The van der Waals surface area contributed by atoms with E-state index in [1.54, 1.807) is 0 Å². The van der Waals surface area contributed by atoms with Crippen LogP contribution in [0.25, 0.3) is 5.69 Å². The molecule has 27 heavy (non-hydrogen) atoms. The maximum absolute atomic E-state index is 12.7. The Morgan fingerprint density at radius 3 is 2.63 bits per heavy atom. The highest BCUT2D eigenvalue weighted by molar-refractivity contribution is 6.31. The quantitative estimate of drug-likeness (QED) is 0.691. The Kier molecular flexibility index (Phi) is 4.75. The first-order valence-corrected chi connectivity index (χ1v) is 9.59. The Hall–Kier alpha value is -2.59. The highest BCUT2D eigenvalue weighted by Crippen LogP contribution is 2.49. The van der Waals surface area contributed by atoms with Gasteiger partial charge in [-0.1, -0.05) is 48.0 Å². The Bertz CT molecular complexity index is 967. The standard InChI is InChI=1S/C22H22ClN3O/c1-14(20-13-24-26(15(20)2)16-8-4-3-5-9-16)25-22(27)19-12-18(19)17-10-6-7-11-21(17)23/h3-11,13-14,18-19H,12H2,1-2H3,(H,25,27). The van der Waals surface area contributed by atoms with Gasteiger partial charge in [0.25, 0.3) is 0 Å². The van der Waals surface area contributed by atoms with Crippen LogP contribution in [-0.2, 0) is 4.79 Å². The fourth-order valence-corrected chi connectivity index (χ4v) is 3.96. The number of para-hydroxylation sites is 1. The smallest absolute Gasteiger partial charge is 0.224 e. The lowest BCUT2D eigenvalue weighted by atomic mass is 10.1. The molecular formula is C22H22ClN3O. The Labute approximate surface area is 164 Å². The van der Waals surface area contributed by atoms with Gasteiger partial charge < -0.3 is 5.32 Å². The molecule has 1 aliphatic rings. The summed E-state index contributed by atoms with van der Waals surface area (Å²) in [7, 11) is 0. The fraction of sp³-hybridized carbons (Fsp3) is 0.273. The third-order valence-electron chi connectivity index (χ3n) is 5.31. The topological polar surface area (TPSA) is 46.9 Å². The summed E-state index contributed by atoms with van der Waals surface area (Å²) in [5.41, 5.74) is 4.15. The minimum Gasteiger partial charge on any atom is -0.349 e. The SMILES string of the molecule is Cc1c(C(C)NC(=O)C2CC2c2ccccc2Cl)cnn1-c1ccccc1. The van der Waals surface area contributed by atoms with Gasteiger partial charge >= 0.3 is 0 Å². The van der Waals surface area contributed by atoms with Crippen molar-refractivity contribution in [1.82, 2.24) is 15.1 Å². The van der Waals surface area contributed by atoms with Crippen LogP contribution in [0.5, 0.6) is 0 Å². The van der Waals surface area contributed by atoms with Gasteiger partial charge in [0.1, 0.15) is 0 Å². The van der Waals surface area contributed by atoms with Gasteiger partial charge in [-0.2, -0.15) is 5.10 Å². The van der Waals surface area contributed by atoms with Gasteiger partial charge in [0.05, 0.1) is 17.9 Å². The first-order chi connectivity index (χ1) is 13.1.